The van der Waals surface area contributed by atoms with Crippen molar-refractivity contribution < 1.29 is 4.39 Å². The molecule has 0 fully saturated rings. The lowest BCUT2D eigenvalue weighted by Crippen LogP contribution is -2.25. The fraction of sp³-hybridized carbons (Fsp3) is 0.0476. The Hall–Kier alpha value is -3.45. The largest absolute Gasteiger partial charge is 0.306 e. The van der Waals surface area contributed by atoms with Crippen LogP contribution in [0.4, 0.5) is 4.39 Å². The van der Waals surface area contributed by atoms with Crippen molar-refractivity contribution >= 4 is 17.0 Å². The van der Waals surface area contributed by atoms with E-state index in [-0.39, 0.29) is 5.82 Å². The average molecular weight is 391 g/mol. The van der Waals surface area contributed by atoms with Gasteiger partial charge in [-0.1, -0.05) is 30.8 Å². The molecule has 0 saturated carbocycles. The third kappa shape index (κ3) is 3.39. The number of hydrogen-bond acceptors (Lipinski definition) is 4. The Bertz CT molecular complexity index is 1170. The molecular formula is C21H18FN5S. The summed E-state index contributed by atoms with van der Waals surface area (Å²) in [5.41, 5.74) is 7.07. The molecule has 4 rings (SSSR count). The second-order valence-electron chi connectivity index (χ2n) is 6.05. The topological polar surface area (TPSA) is 47.1 Å². The summed E-state index contributed by atoms with van der Waals surface area (Å²) in [4.78, 5) is 9.06. The molecule has 0 amide bonds. The fourth-order valence-corrected chi connectivity index (χ4v) is 3.68. The normalized spacial score (nSPS) is 11.6. The minimum atomic E-state index is -0.284. The molecule has 0 atom stereocenters. The minimum absolute atomic E-state index is 0.284. The quantitative estimate of drug-likeness (QED) is 0.552. The van der Waals surface area contributed by atoms with E-state index in [0.29, 0.717) is 17.0 Å². The number of benzene rings is 2. The third-order valence-corrected chi connectivity index (χ3v) is 5.23. The van der Waals surface area contributed by atoms with E-state index in [0.717, 1.165) is 16.1 Å². The molecule has 0 aliphatic carbocycles. The number of imidazole rings is 1. The molecule has 28 heavy (non-hydrogen) atoms. The van der Waals surface area contributed by atoms with Gasteiger partial charge in [0.1, 0.15) is 5.82 Å². The number of hydrogen-bond donors (Lipinski definition) is 1. The molecule has 2 heterocycles. The van der Waals surface area contributed by atoms with Crippen molar-refractivity contribution in [1.82, 2.24) is 14.2 Å². The summed E-state index contributed by atoms with van der Waals surface area (Å²) in [6.45, 7) is 4.14. The monoisotopic (exact) mass is 391 g/mol. The van der Waals surface area contributed by atoms with Crippen molar-refractivity contribution in [3.8, 4) is 16.9 Å². The lowest BCUT2D eigenvalue weighted by molar-refractivity contribution is 0.629. The van der Waals surface area contributed by atoms with E-state index in [4.69, 9.17) is 0 Å². The van der Waals surface area contributed by atoms with Crippen molar-refractivity contribution in [3.63, 3.8) is 0 Å². The molecule has 0 spiro atoms. The Labute approximate surface area is 165 Å². The molecule has 2 aromatic heterocycles. The highest BCUT2D eigenvalue weighted by Gasteiger charge is 2.13. The molecule has 7 heteroatoms. The zero-order chi connectivity index (χ0) is 19.5. The first-order chi connectivity index (χ1) is 13.7. The van der Waals surface area contributed by atoms with E-state index in [1.54, 1.807) is 36.4 Å². The highest BCUT2D eigenvalue weighted by Crippen LogP contribution is 2.23. The molecule has 1 N–H and O–H groups in total. The van der Waals surface area contributed by atoms with Gasteiger partial charge in [0.2, 0.25) is 4.80 Å². The van der Waals surface area contributed by atoms with Crippen LogP contribution in [-0.4, -0.2) is 21.3 Å². The van der Waals surface area contributed by atoms with Crippen molar-refractivity contribution in [1.29, 1.82) is 0 Å². The highest BCUT2D eigenvalue weighted by atomic mass is 32.1. The van der Waals surface area contributed by atoms with Crippen molar-refractivity contribution in [2.24, 2.45) is 4.99 Å². The van der Waals surface area contributed by atoms with Gasteiger partial charge in [0.25, 0.3) is 0 Å². The Morgan fingerprint density at radius 1 is 1.18 bits per heavy atom. The minimum Gasteiger partial charge on any atom is -0.306 e. The van der Waals surface area contributed by atoms with Crippen LogP contribution in [0.2, 0.25) is 0 Å². The van der Waals surface area contributed by atoms with E-state index >= 15 is 0 Å². The summed E-state index contributed by atoms with van der Waals surface area (Å²) in [6.07, 6.45) is 5.37. The van der Waals surface area contributed by atoms with Crippen molar-refractivity contribution in [2.45, 2.75) is 0 Å². The summed E-state index contributed by atoms with van der Waals surface area (Å²) in [5.74, 6) is -0.284. The first-order valence-corrected chi connectivity index (χ1v) is 9.48. The maximum Gasteiger partial charge on any atom is 0.204 e. The zero-order valence-corrected chi connectivity index (χ0v) is 16.0. The van der Waals surface area contributed by atoms with Gasteiger partial charge in [0, 0.05) is 36.1 Å². The molecule has 0 aliphatic heterocycles. The molecule has 2 aromatic carbocycles. The summed E-state index contributed by atoms with van der Waals surface area (Å²) in [7, 11) is 1.71. The number of nitrogens with one attached hydrogen (secondary N) is 1. The van der Waals surface area contributed by atoms with Gasteiger partial charge in [-0.15, -0.1) is 11.3 Å². The SMILES string of the molecule is C=C(Nn1c(-c2ccccc2F)csc1=NC)c1ccc(-n2ccnc2)cc1. The maximum atomic E-state index is 14.3. The van der Waals surface area contributed by atoms with Gasteiger partial charge in [-0.2, -0.15) is 0 Å². The molecule has 0 aliphatic rings. The zero-order valence-electron chi connectivity index (χ0n) is 15.2. The number of nitrogens with zero attached hydrogens (tertiary/aromatic N) is 4. The predicted molar refractivity (Wildman–Crippen MR) is 111 cm³/mol. The van der Waals surface area contributed by atoms with Crippen LogP contribution in [0.5, 0.6) is 0 Å². The van der Waals surface area contributed by atoms with Gasteiger partial charge < -0.3 is 4.57 Å². The van der Waals surface area contributed by atoms with Crippen molar-refractivity contribution in [2.75, 3.05) is 12.5 Å². The van der Waals surface area contributed by atoms with E-state index in [2.05, 4.69) is 22.0 Å². The first-order valence-electron chi connectivity index (χ1n) is 8.60. The predicted octanol–water partition coefficient (Wildman–Crippen LogP) is 4.29. The molecular weight excluding hydrogens is 373 g/mol. The summed E-state index contributed by atoms with van der Waals surface area (Å²) in [5, 5.41) is 1.88. The van der Waals surface area contributed by atoms with Gasteiger partial charge in [0.05, 0.1) is 17.7 Å². The number of thiazole rings is 1. The molecule has 5 nitrogen and oxygen atoms in total. The van der Waals surface area contributed by atoms with Crippen LogP contribution in [0, 0.1) is 5.82 Å². The van der Waals surface area contributed by atoms with Crippen LogP contribution in [0.25, 0.3) is 22.6 Å². The van der Waals surface area contributed by atoms with E-state index in [9.17, 15) is 4.39 Å². The van der Waals surface area contributed by atoms with Gasteiger partial charge in [-0.3, -0.25) is 10.4 Å². The Kier molecular flexibility index (Phi) is 4.90. The Balaban J connectivity index is 1.65. The molecule has 0 radical (unpaired) electrons. The lowest BCUT2D eigenvalue weighted by Gasteiger charge is -2.15. The Morgan fingerprint density at radius 3 is 2.64 bits per heavy atom. The van der Waals surface area contributed by atoms with Crippen LogP contribution in [0.3, 0.4) is 0 Å². The maximum absolute atomic E-state index is 14.3. The number of rotatable bonds is 5. The van der Waals surface area contributed by atoms with Crippen LogP contribution in [-0.2, 0) is 0 Å². The fourth-order valence-electron chi connectivity index (χ4n) is 2.88. The van der Waals surface area contributed by atoms with Crippen molar-refractivity contribution in [3.05, 3.63) is 95.4 Å². The van der Waals surface area contributed by atoms with Gasteiger partial charge in [0.15, 0.2) is 0 Å². The number of aromatic nitrogens is 3. The summed E-state index contributed by atoms with van der Waals surface area (Å²) in [6, 6.07) is 14.6. The molecule has 0 bridgehead atoms. The second kappa shape index (κ2) is 7.66. The van der Waals surface area contributed by atoms with Crippen LogP contribution >= 0.6 is 11.3 Å². The van der Waals surface area contributed by atoms with Gasteiger partial charge in [-0.05, 0) is 29.8 Å². The van der Waals surface area contributed by atoms with Gasteiger partial charge >= 0.3 is 0 Å². The van der Waals surface area contributed by atoms with E-state index < -0.39 is 0 Å². The average Bonchev–Trinajstić information content (AvgIpc) is 3.39. The first kappa shape index (κ1) is 17.9. The Morgan fingerprint density at radius 2 is 1.96 bits per heavy atom. The van der Waals surface area contributed by atoms with Crippen LogP contribution in [0.1, 0.15) is 5.56 Å². The van der Waals surface area contributed by atoms with Crippen LogP contribution < -0.4 is 10.2 Å². The van der Waals surface area contributed by atoms with Crippen LogP contribution in [0.15, 0.2) is 84.2 Å². The summed E-state index contributed by atoms with van der Waals surface area (Å²) < 4.78 is 18.0. The molecule has 4 aromatic rings. The van der Waals surface area contributed by atoms with E-state index in [1.807, 2.05) is 46.5 Å². The second-order valence-corrected chi connectivity index (χ2v) is 6.89. The lowest BCUT2D eigenvalue weighted by atomic mass is 10.1. The third-order valence-electron chi connectivity index (χ3n) is 4.31. The number of halogens is 1. The molecule has 0 saturated heterocycles. The standard InChI is InChI=1S/C21H18FN5S/c1-15(16-7-9-17(10-8-16)26-12-11-24-14-26)25-27-20(13-28-21(27)23-2)18-5-3-4-6-19(18)22/h3-14,25H,1H2,2H3. The van der Waals surface area contributed by atoms with Gasteiger partial charge in [-0.25, -0.2) is 14.1 Å². The molecule has 140 valence electrons. The molecule has 0 unspecified atom stereocenters. The summed E-state index contributed by atoms with van der Waals surface area (Å²) >= 11 is 1.43. The highest BCUT2D eigenvalue weighted by molar-refractivity contribution is 7.07. The smallest absolute Gasteiger partial charge is 0.204 e. The van der Waals surface area contributed by atoms with E-state index in [1.165, 1.54) is 17.4 Å².